The van der Waals surface area contributed by atoms with Gasteiger partial charge in [0.2, 0.25) is 11.8 Å². The summed E-state index contributed by atoms with van der Waals surface area (Å²) in [5.41, 5.74) is 1.49. The van der Waals surface area contributed by atoms with Crippen molar-refractivity contribution in [2.45, 2.75) is 46.6 Å². The molecule has 7 nitrogen and oxygen atoms in total. The molecule has 0 aromatic carbocycles. The Labute approximate surface area is 118 Å². The van der Waals surface area contributed by atoms with Crippen molar-refractivity contribution >= 4 is 17.8 Å². The predicted octanol–water partition coefficient (Wildman–Crippen LogP) is 0.770. The summed E-state index contributed by atoms with van der Waals surface area (Å²) in [5.74, 6) is -3.01. The smallest absolute Gasteiger partial charge is 0.326 e. The van der Waals surface area contributed by atoms with Gasteiger partial charge in [0.25, 0.3) is 0 Å². The fraction of sp³-hybridized carbons (Fsp3) is 0.769. The van der Waals surface area contributed by atoms with Crippen LogP contribution in [0.15, 0.2) is 0 Å². The molecule has 0 heterocycles. The highest BCUT2D eigenvalue weighted by Gasteiger charge is 2.29. The standard InChI is InChI=1S/C13H24N2O5/c1-7(2)5-9(6-10(16)15-20)12(17)14-11(8(3)4)13(18)19/h7-9,11,20H,5-6H2,1-4H3,(H,14,17)(H,15,16)(H,18,19)/t9?,11-/m0/s1. The lowest BCUT2D eigenvalue weighted by atomic mass is 9.92. The van der Waals surface area contributed by atoms with Gasteiger partial charge in [-0.15, -0.1) is 0 Å². The molecule has 2 atom stereocenters. The average Bonchev–Trinajstić information content (AvgIpc) is 2.33. The number of rotatable bonds is 8. The van der Waals surface area contributed by atoms with E-state index in [0.29, 0.717) is 6.42 Å². The molecule has 0 saturated carbocycles. The van der Waals surface area contributed by atoms with Gasteiger partial charge in [0.05, 0.1) is 0 Å². The number of carbonyl (C=O) groups excluding carboxylic acids is 2. The average molecular weight is 288 g/mol. The van der Waals surface area contributed by atoms with Crippen LogP contribution in [0.3, 0.4) is 0 Å². The zero-order valence-corrected chi connectivity index (χ0v) is 12.3. The summed E-state index contributed by atoms with van der Waals surface area (Å²) < 4.78 is 0. The topological polar surface area (TPSA) is 116 Å². The van der Waals surface area contributed by atoms with E-state index in [1.54, 1.807) is 13.8 Å². The van der Waals surface area contributed by atoms with Gasteiger partial charge in [0.15, 0.2) is 0 Å². The molecule has 116 valence electrons. The van der Waals surface area contributed by atoms with E-state index in [9.17, 15) is 14.4 Å². The lowest BCUT2D eigenvalue weighted by molar-refractivity contribution is -0.144. The molecule has 0 aromatic rings. The largest absolute Gasteiger partial charge is 0.480 e. The first-order valence-electron chi connectivity index (χ1n) is 6.65. The predicted molar refractivity (Wildman–Crippen MR) is 71.9 cm³/mol. The molecule has 0 saturated heterocycles. The molecule has 0 bridgehead atoms. The van der Waals surface area contributed by atoms with Crippen molar-refractivity contribution in [1.29, 1.82) is 0 Å². The highest BCUT2D eigenvalue weighted by Crippen LogP contribution is 2.17. The van der Waals surface area contributed by atoms with Crippen LogP contribution in [0, 0.1) is 17.8 Å². The third-order valence-electron chi connectivity index (χ3n) is 2.91. The number of hydrogen-bond acceptors (Lipinski definition) is 4. The minimum absolute atomic E-state index is 0.166. The fourth-order valence-electron chi connectivity index (χ4n) is 1.91. The van der Waals surface area contributed by atoms with Crippen LogP contribution in [0.1, 0.15) is 40.5 Å². The first-order valence-corrected chi connectivity index (χ1v) is 6.65. The number of amides is 2. The quantitative estimate of drug-likeness (QED) is 0.389. The van der Waals surface area contributed by atoms with E-state index in [1.807, 2.05) is 13.8 Å². The molecule has 0 aliphatic heterocycles. The maximum Gasteiger partial charge on any atom is 0.326 e. The van der Waals surface area contributed by atoms with Gasteiger partial charge in [-0.1, -0.05) is 27.7 Å². The number of aliphatic carboxylic acids is 1. The van der Waals surface area contributed by atoms with Crippen LogP contribution in [-0.2, 0) is 14.4 Å². The van der Waals surface area contributed by atoms with Gasteiger partial charge < -0.3 is 10.4 Å². The fourth-order valence-corrected chi connectivity index (χ4v) is 1.91. The van der Waals surface area contributed by atoms with Crippen molar-refractivity contribution in [3.05, 3.63) is 0 Å². The summed E-state index contributed by atoms with van der Waals surface area (Å²) in [4.78, 5) is 34.4. The molecule has 0 aromatic heterocycles. The lowest BCUT2D eigenvalue weighted by Crippen LogP contribution is -2.47. The van der Waals surface area contributed by atoms with Gasteiger partial charge in [-0.3, -0.25) is 14.8 Å². The lowest BCUT2D eigenvalue weighted by Gasteiger charge is -2.23. The van der Waals surface area contributed by atoms with Crippen LogP contribution < -0.4 is 10.8 Å². The van der Waals surface area contributed by atoms with Crippen molar-refractivity contribution in [1.82, 2.24) is 10.8 Å². The zero-order valence-electron chi connectivity index (χ0n) is 12.3. The number of hydroxylamine groups is 1. The van der Waals surface area contributed by atoms with Gasteiger partial charge in [0.1, 0.15) is 6.04 Å². The normalized spacial score (nSPS) is 13.9. The Bertz CT molecular complexity index is 355. The Morgan fingerprint density at radius 2 is 1.65 bits per heavy atom. The molecule has 2 amide bonds. The first kappa shape index (κ1) is 18.4. The van der Waals surface area contributed by atoms with E-state index in [2.05, 4.69) is 5.32 Å². The molecular formula is C13H24N2O5. The van der Waals surface area contributed by atoms with Crippen LogP contribution in [-0.4, -0.2) is 34.1 Å². The SMILES string of the molecule is CC(C)CC(CC(=O)NO)C(=O)N[C@H](C(=O)O)C(C)C. The van der Waals surface area contributed by atoms with E-state index in [1.165, 1.54) is 5.48 Å². The van der Waals surface area contributed by atoms with Gasteiger partial charge >= 0.3 is 5.97 Å². The van der Waals surface area contributed by atoms with Crippen molar-refractivity contribution in [3.63, 3.8) is 0 Å². The summed E-state index contributed by atoms with van der Waals surface area (Å²) in [6.07, 6.45) is 0.259. The van der Waals surface area contributed by atoms with Gasteiger partial charge in [0, 0.05) is 12.3 Å². The molecule has 4 N–H and O–H groups in total. The first-order chi connectivity index (χ1) is 9.18. The van der Waals surface area contributed by atoms with Crippen LogP contribution in [0.4, 0.5) is 0 Å². The minimum atomic E-state index is -1.11. The van der Waals surface area contributed by atoms with E-state index in [4.69, 9.17) is 10.3 Å². The molecule has 20 heavy (non-hydrogen) atoms. The monoisotopic (exact) mass is 288 g/mol. The van der Waals surface area contributed by atoms with Crippen LogP contribution in [0.5, 0.6) is 0 Å². The van der Waals surface area contributed by atoms with Crippen LogP contribution >= 0.6 is 0 Å². The van der Waals surface area contributed by atoms with Crippen LogP contribution in [0.2, 0.25) is 0 Å². The maximum absolute atomic E-state index is 12.1. The molecule has 0 radical (unpaired) electrons. The Balaban J connectivity index is 4.84. The van der Waals surface area contributed by atoms with Crippen molar-refractivity contribution in [2.75, 3.05) is 0 Å². The minimum Gasteiger partial charge on any atom is -0.480 e. The molecule has 0 aliphatic carbocycles. The summed E-state index contributed by atoms with van der Waals surface area (Å²) in [6.45, 7) is 7.18. The molecule has 1 unspecified atom stereocenters. The highest BCUT2D eigenvalue weighted by molar-refractivity contribution is 5.88. The second-order valence-electron chi connectivity index (χ2n) is 5.63. The van der Waals surface area contributed by atoms with Gasteiger partial charge in [-0.05, 0) is 18.3 Å². The number of hydrogen-bond donors (Lipinski definition) is 4. The van der Waals surface area contributed by atoms with Crippen LogP contribution in [0.25, 0.3) is 0 Å². The second-order valence-corrected chi connectivity index (χ2v) is 5.63. The van der Waals surface area contributed by atoms with E-state index >= 15 is 0 Å². The number of carboxylic acid groups (broad SMARTS) is 1. The molecule has 7 heteroatoms. The molecule has 0 spiro atoms. The highest BCUT2D eigenvalue weighted by atomic mass is 16.5. The van der Waals surface area contributed by atoms with E-state index in [-0.39, 0.29) is 18.3 Å². The molecule has 0 fully saturated rings. The summed E-state index contributed by atoms with van der Waals surface area (Å²) in [6, 6.07) is -0.991. The van der Waals surface area contributed by atoms with E-state index in [0.717, 1.165) is 0 Å². The maximum atomic E-state index is 12.1. The molecular weight excluding hydrogens is 264 g/mol. The number of carbonyl (C=O) groups is 3. The van der Waals surface area contributed by atoms with Gasteiger partial charge in [-0.25, -0.2) is 10.3 Å². The van der Waals surface area contributed by atoms with Crippen molar-refractivity contribution in [3.8, 4) is 0 Å². The third kappa shape index (κ3) is 6.51. The van der Waals surface area contributed by atoms with Gasteiger partial charge in [-0.2, -0.15) is 0 Å². The Hall–Kier alpha value is -1.63. The molecule has 0 rings (SSSR count). The summed E-state index contributed by atoms with van der Waals surface area (Å²) in [7, 11) is 0. The third-order valence-corrected chi connectivity index (χ3v) is 2.91. The Morgan fingerprint density at radius 3 is 2.00 bits per heavy atom. The number of carboxylic acids is 1. The van der Waals surface area contributed by atoms with E-state index < -0.39 is 29.7 Å². The Morgan fingerprint density at radius 1 is 1.10 bits per heavy atom. The summed E-state index contributed by atoms with van der Waals surface area (Å²) >= 11 is 0. The molecule has 0 aliphatic rings. The zero-order chi connectivity index (χ0) is 15.9. The van der Waals surface area contributed by atoms with Crippen molar-refractivity contribution < 1.29 is 24.7 Å². The van der Waals surface area contributed by atoms with Crippen molar-refractivity contribution in [2.24, 2.45) is 17.8 Å². The number of nitrogens with one attached hydrogen (secondary N) is 2. The summed E-state index contributed by atoms with van der Waals surface area (Å²) in [5, 5.41) is 20.0. The Kier molecular flexibility index (Phi) is 7.83. The second kappa shape index (κ2) is 8.52.